The smallest absolute Gasteiger partial charge is 0.194 e. The molecule has 0 amide bonds. The minimum Gasteiger partial charge on any atom is -0.204 e. The van der Waals surface area contributed by atoms with Crippen LogP contribution < -0.4 is 0 Å². The Bertz CT molecular complexity index is 3070. The number of halogens is 3. The Morgan fingerprint density at radius 1 is 0.364 bits per heavy atom. The first-order chi connectivity index (χ1) is 26.7. The molecule has 0 aliphatic rings. The van der Waals surface area contributed by atoms with Crippen LogP contribution in [0.1, 0.15) is 26.3 Å². The van der Waals surface area contributed by atoms with Crippen LogP contribution in [0.15, 0.2) is 158 Å². The van der Waals surface area contributed by atoms with Crippen LogP contribution in [0.25, 0.3) is 98.4 Å². The van der Waals surface area contributed by atoms with Crippen LogP contribution in [0, 0.1) is 17.5 Å². The van der Waals surface area contributed by atoms with Gasteiger partial charge in [0.2, 0.25) is 0 Å². The van der Waals surface area contributed by atoms with E-state index in [0.29, 0.717) is 11.1 Å². The lowest BCUT2D eigenvalue weighted by molar-refractivity contribution is 0.448. The fourth-order valence-corrected chi connectivity index (χ4v) is 8.73. The SMILES string of the molecule is CC(C)(C)c1ccc(-c2cccc(-c3c4ccccc4c(-c4ccc5ccc6c(-c7cc(F)c(F)c(F)c7)ccc7ccc4c5c76)c4ccccc34)c2)cc1. The quantitative estimate of drug-likeness (QED) is 0.0966. The number of rotatable bonds is 4. The summed E-state index contributed by atoms with van der Waals surface area (Å²) in [5, 5.41) is 10.8. The van der Waals surface area contributed by atoms with Crippen molar-refractivity contribution in [2.75, 3.05) is 0 Å². The fraction of sp³-hybridized carbons (Fsp3) is 0.0769. The van der Waals surface area contributed by atoms with E-state index in [1.54, 1.807) is 0 Å². The van der Waals surface area contributed by atoms with Gasteiger partial charge in [-0.05, 0) is 128 Å². The van der Waals surface area contributed by atoms with Gasteiger partial charge in [-0.25, -0.2) is 13.2 Å². The third-order valence-corrected chi connectivity index (χ3v) is 11.4. The lowest BCUT2D eigenvalue weighted by Crippen LogP contribution is -2.10. The molecule has 3 heteroatoms. The normalized spacial score (nSPS) is 12.2. The summed E-state index contributed by atoms with van der Waals surface area (Å²) in [6.07, 6.45) is 0. The highest BCUT2D eigenvalue weighted by atomic mass is 19.2. The monoisotopic (exact) mass is 716 g/mol. The predicted octanol–water partition coefficient (Wildman–Crippen LogP) is 15.3. The lowest BCUT2D eigenvalue weighted by atomic mass is 9.82. The highest BCUT2D eigenvalue weighted by Crippen LogP contribution is 2.48. The Morgan fingerprint density at radius 2 is 0.855 bits per heavy atom. The van der Waals surface area contributed by atoms with E-state index >= 15 is 0 Å². The molecule has 55 heavy (non-hydrogen) atoms. The summed E-state index contributed by atoms with van der Waals surface area (Å²) >= 11 is 0. The Kier molecular flexibility index (Phi) is 7.41. The van der Waals surface area contributed by atoms with E-state index in [2.05, 4.69) is 148 Å². The largest absolute Gasteiger partial charge is 0.204 e. The molecule has 0 aliphatic heterocycles. The van der Waals surface area contributed by atoms with Crippen molar-refractivity contribution < 1.29 is 13.2 Å². The highest BCUT2D eigenvalue weighted by molar-refractivity contribution is 6.30. The summed E-state index contributed by atoms with van der Waals surface area (Å²) in [5.41, 5.74) is 9.33. The van der Waals surface area contributed by atoms with E-state index in [1.165, 1.54) is 33.0 Å². The van der Waals surface area contributed by atoms with Crippen molar-refractivity contribution in [3.05, 3.63) is 181 Å². The third-order valence-electron chi connectivity index (χ3n) is 11.4. The molecule has 264 valence electrons. The van der Waals surface area contributed by atoms with Crippen molar-refractivity contribution in [2.45, 2.75) is 26.2 Å². The molecular weight excluding hydrogens is 682 g/mol. The van der Waals surface area contributed by atoms with Gasteiger partial charge in [0.1, 0.15) is 0 Å². The van der Waals surface area contributed by atoms with E-state index in [-0.39, 0.29) is 5.41 Å². The van der Waals surface area contributed by atoms with Crippen LogP contribution in [0.2, 0.25) is 0 Å². The zero-order chi connectivity index (χ0) is 37.6. The molecule has 0 saturated heterocycles. The molecule has 0 atom stereocenters. The van der Waals surface area contributed by atoms with Crippen LogP contribution in [0.4, 0.5) is 13.2 Å². The van der Waals surface area contributed by atoms with Crippen molar-refractivity contribution in [2.24, 2.45) is 0 Å². The maximum atomic E-state index is 14.5. The summed E-state index contributed by atoms with van der Waals surface area (Å²) in [6, 6.07) is 54.0. The first kappa shape index (κ1) is 33.1. The summed E-state index contributed by atoms with van der Waals surface area (Å²) < 4.78 is 43.0. The van der Waals surface area contributed by atoms with Gasteiger partial charge in [0.25, 0.3) is 0 Å². The van der Waals surface area contributed by atoms with E-state index in [4.69, 9.17) is 0 Å². The molecule has 0 bridgehead atoms. The summed E-state index contributed by atoms with van der Waals surface area (Å²) in [7, 11) is 0. The van der Waals surface area contributed by atoms with Gasteiger partial charge in [0.05, 0.1) is 0 Å². The molecule has 0 heterocycles. The second kappa shape index (κ2) is 12.3. The molecular formula is C52H35F3. The van der Waals surface area contributed by atoms with Crippen molar-refractivity contribution in [3.63, 3.8) is 0 Å². The van der Waals surface area contributed by atoms with E-state index in [9.17, 15) is 13.2 Å². The minimum absolute atomic E-state index is 0.0863. The average molecular weight is 717 g/mol. The molecule has 0 spiro atoms. The topological polar surface area (TPSA) is 0 Å². The Hall–Kier alpha value is -6.45. The van der Waals surface area contributed by atoms with Crippen molar-refractivity contribution >= 4 is 53.9 Å². The number of fused-ring (bicyclic) bond motifs is 2. The molecule has 10 rings (SSSR count). The van der Waals surface area contributed by atoms with Crippen molar-refractivity contribution in [1.82, 2.24) is 0 Å². The Balaban J connectivity index is 1.21. The summed E-state index contributed by atoms with van der Waals surface area (Å²) in [6.45, 7) is 6.72. The van der Waals surface area contributed by atoms with Crippen LogP contribution in [0.5, 0.6) is 0 Å². The second-order valence-electron chi connectivity index (χ2n) is 15.7. The van der Waals surface area contributed by atoms with Crippen LogP contribution in [-0.4, -0.2) is 0 Å². The first-order valence-electron chi connectivity index (χ1n) is 18.7. The number of benzene rings is 10. The molecule has 10 aromatic rings. The van der Waals surface area contributed by atoms with Gasteiger partial charge in [-0.2, -0.15) is 0 Å². The molecule has 10 aromatic carbocycles. The zero-order valence-electron chi connectivity index (χ0n) is 30.6. The van der Waals surface area contributed by atoms with Crippen molar-refractivity contribution in [1.29, 1.82) is 0 Å². The number of hydrogen-bond donors (Lipinski definition) is 0. The molecule has 0 nitrogen and oxygen atoms in total. The number of hydrogen-bond acceptors (Lipinski definition) is 0. The maximum absolute atomic E-state index is 14.5. The van der Waals surface area contributed by atoms with E-state index in [0.717, 1.165) is 71.9 Å². The van der Waals surface area contributed by atoms with Crippen LogP contribution in [-0.2, 0) is 5.41 Å². The zero-order valence-corrected chi connectivity index (χ0v) is 30.6. The van der Waals surface area contributed by atoms with Crippen LogP contribution in [0.3, 0.4) is 0 Å². The molecule has 0 N–H and O–H groups in total. The van der Waals surface area contributed by atoms with Gasteiger partial charge in [-0.3, -0.25) is 0 Å². The van der Waals surface area contributed by atoms with Gasteiger partial charge in [0.15, 0.2) is 17.5 Å². The molecule has 0 aliphatic carbocycles. The predicted molar refractivity (Wildman–Crippen MR) is 225 cm³/mol. The van der Waals surface area contributed by atoms with Gasteiger partial charge >= 0.3 is 0 Å². The Labute approximate surface area is 317 Å². The molecule has 0 unspecified atom stereocenters. The third kappa shape index (κ3) is 5.21. The first-order valence-corrected chi connectivity index (χ1v) is 18.7. The van der Waals surface area contributed by atoms with Gasteiger partial charge in [0, 0.05) is 0 Å². The fourth-order valence-electron chi connectivity index (χ4n) is 8.73. The molecule has 0 saturated carbocycles. The van der Waals surface area contributed by atoms with Crippen LogP contribution >= 0.6 is 0 Å². The maximum Gasteiger partial charge on any atom is 0.194 e. The van der Waals surface area contributed by atoms with Gasteiger partial charge in [-0.1, -0.05) is 160 Å². The van der Waals surface area contributed by atoms with Gasteiger partial charge in [-0.15, -0.1) is 0 Å². The minimum atomic E-state index is -1.46. The molecule has 0 aromatic heterocycles. The summed E-state index contributed by atoms with van der Waals surface area (Å²) in [4.78, 5) is 0. The van der Waals surface area contributed by atoms with Crippen molar-refractivity contribution in [3.8, 4) is 44.5 Å². The van der Waals surface area contributed by atoms with Gasteiger partial charge < -0.3 is 0 Å². The average Bonchev–Trinajstić information content (AvgIpc) is 3.20. The summed E-state index contributed by atoms with van der Waals surface area (Å²) in [5.74, 6) is -3.87. The standard InChI is InChI=1S/C52H35F3/c1-52(2,3)36-21-15-30(16-22-36)33-9-8-10-34(27-33)47-38-11-4-6-13-40(38)50(41-14-7-5-12-39(41)47)44-26-20-32-18-24-42-37(35-28-45(53)51(55)46(54)29-35)23-17-31-19-25-43(44)49(32)48(31)42/h4-29H,1-3H3. The molecule has 0 radical (unpaired) electrons. The van der Waals surface area contributed by atoms with E-state index in [1.807, 2.05) is 18.2 Å². The Morgan fingerprint density at radius 3 is 1.42 bits per heavy atom. The lowest BCUT2D eigenvalue weighted by Gasteiger charge is -2.21. The van der Waals surface area contributed by atoms with E-state index < -0.39 is 17.5 Å². The highest BCUT2D eigenvalue weighted by Gasteiger charge is 2.21. The second-order valence-corrected chi connectivity index (χ2v) is 15.7. The molecule has 0 fully saturated rings.